The SMILES string of the molecule is COCCOCC(=O)N1CCN(C(c2ccccc2)c2ccc(C)cc2)CC1. The number of hydrogen-bond acceptors (Lipinski definition) is 4. The summed E-state index contributed by atoms with van der Waals surface area (Å²) in [6.45, 7) is 6.34. The molecule has 5 heteroatoms. The predicted octanol–water partition coefficient (Wildman–Crippen LogP) is 2.89. The van der Waals surface area contributed by atoms with E-state index in [1.807, 2.05) is 4.90 Å². The summed E-state index contributed by atoms with van der Waals surface area (Å²) in [6, 6.07) is 19.6. The van der Waals surface area contributed by atoms with Gasteiger partial charge in [-0.05, 0) is 18.1 Å². The fourth-order valence-corrected chi connectivity index (χ4v) is 3.62. The second-order valence-corrected chi connectivity index (χ2v) is 7.19. The second-order valence-electron chi connectivity index (χ2n) is 7.19. The van der Waals surface area contributed by atoms with Gasteiger partial charge < -0.3 is 14.4 Å². The van der Waals surface area contributed by atoms with Gasteiger partial charge in [0.15, 0.2) is 0 Å². The summed E-state index contributed by atoms with van der Waals surface area (Å²) in [5, 5.41) is 0. The van der Waals surface area contributed by atoms with Gasteiger partial charge in [-0.3, -0.25) is 9.69 Å². The Morgan fingerprint density at radius 3 is 2.21 bits per heavy atom. The molecule has 3 rings (SSSR count). The van der Waals surface area contributed by atoms with E-state index in [1.54, 1.807) is 7.11 Å². The van der Waals surface area contributed by atoms with Crippen LogP contribution in [0.4, 0.5) is 0 Å². The van der Waals surface area contributed by atoms with Crippen molar-refractivity contribution in [2.75, 3.05) is 53.1 Å². The molecule has 2 aromatic carbocycles. The first-order valence-electron chi connectivity index (χ1n) is 9.89. The number of ether oxygens (including phenoxy) is 2. The number of amides is 1. The molecule has 0 saturated carbocycles. The lowest BCUT2D eigenvalue weighted by Gasteiger charge is -2.39. The van der Waals surface area contributed by atoms with Crippen molar-refractivity contribution < 1.29 is 14.3 Å². The quantitative estimate of drug-likeness (QED) is 0.659. The molecular formula is C23H30N2O3. The summed E-state index contributed by atoms with van der Waals surface area (Å²) < 4.78 is 10.3. The number of methoxy groups -OCH3 is 1. The number of benzene rings is 2. The molecule has 0 aliphatic carbocycles. The summed E-state index contributed by atoms with van der Waals surface area (Å²) in [5.41, 5.74) is 3.84. The van der Waals surface area contributed by atoms with Gasteiger partial charge in [-0.15, -0.1) is 0 Å². The van der Waals surface area contributed by atoms with E-state index in [1.165, 1.54) is 16.7 Å². The monoisotopic (exact) mass is 382 g/mol. The molecule has 2 aromatic rings. The van der Waals surface area contributed by atoms with Gasteiger partial charge in [0, 0.05) is 33.3 Å². The Morgan fingerprint density at radius 1 is 0.929 bits per heavy atom. The normalized spacial score (nSPS) is 16.1. The largest absolute Gasteiger partial charge is 0.382 e. The zero-order valence-corrected chi connectivity index (χ0v) is 16.8. The molecule has 1 aliphatic heterocycles. The minimum Gasteiger partial charge on any atom is -0.382 e. The van der Waals surface area contributed by atoms with Crippen molar-refractivity contribution >= 4 is 5.91 Å². The van der Waals surface area contributed by atoms with Gasteiger partial charge in [0.2, 0.25) is 5.91 Å². The number of carbonyl (C=O) groups is 1. The topological polar surface area (TPSA) is 42.0 Å². The molecular weight excluding hydrogens is 352 g/mol. The maximum absolute atomic E-state index is 12.4. The van der Waals surface area contributed by atoms with E-state index < -0.39 is 0 Å². The molecule has 1 heterocycles. The Kier molecular flexibility index (Phi) is 7.60. The van der Waals surface area contributed by atoms with E-state index in [2.05, 4.69) is 66.4 Å². The van der Waals surface area contributed by atoms with Crippen molar-refractivity contribution in [2.45, 2.75) is 13.0 Å². The molecule has 0 N–H and O–H groups in total. The smallest absolute Gasteiger partial charge is 0.248 e. The molecule has 5 nitrogen and oxygen atoms in total. The first-order chi connectivity index (χ1) is 13.7. The van der Waals surface area contributed by atoms with Crippen LogP contribution >= 0.6 is 0 Å². The van der Waals surface area contributed by atoms with Crippen molar-refractivity contribution in [3.8, 4) is 0 Å². The van der Waals surface area contributed by atoms with Crippen molar-refractivity contribution in [1.29, 1.82) is 0 Å². The Bertz CT molecular complexity index is 725. The van der Waals surface area contributed by atoms with Crippen LogP contribution in [-0.4, -0.2) is 68.8 Å². The van der Waals surface area contributed by atoms with Crippen LogP contribution in [0.25, 0.3) is 0 Å². The zero-order chi connectivity index (χ0) is 19.8. The van der Waals surface area contributed by atoms with Crippen molar-refractivity contribution in [2.24, 2.45) is 0 Å². The highest BCUT2D eigenvalue weighted by Gasteiger charge is 2.28. The molecule has 28 heavy (non-hydrogen) atoms. The number of rotatable bonds is 8. The third-order valence-corrected chi connectivity index (χ3v) is 5.20. The average molecular weight is 383 g/mol. The van der Waals surface area contributed by atoms with Crippen LogP contribution in [0.15, 0.2) is 54.6 Å². The van der Waals surface area contributed by atoms with E-state index >= 15 is 0 Å². The molecule has 0 bridgehead atoms. The molecule has 1 amide bonds. The lowest BCUT2D eigenvalue weighted by atomic mass is 9.95. The minimum absolute atomic E-state index is 0.0577. The molecule has 0 spiro atoms. The second kappa shape index (κ2) is 10.4. The summed E-state index contributed by atoms with van der Waals surface area (Å²) >= 11 is 0. The van der Waals surface area contributed by atoms with E-state index in [9.17, 15) is 4.79 Å². The highest BCUT2D eigenvalue weighted by Crippen LogP contribution is 2.29. The van der Waals surface area contributed by atoms with Gasteiger partial charge in [0.25, 0.3) is 0 Å². The molecule has 1 saturated heterocycles. The average Bonchev–Trinajstić information content (AvgIpc) is 2.74. The summed E-state index contributed by atoms with van der Waals surface area (Å²) in [6.07, 6.45) is 0. The van der Waals surface area contributed by atoms with Gasteiger partial charge in [-0.1, -0.05) is 60.2 Å². The van der Waals surface area contributed by atoms with Crippen molar-refractivity contribution in [1.82, 2.24) is 9.80 Å². The van der Waals surface area contributed by atoms with E-state index in [4.69, 9.17) is 9.47 Å². The summed E-state index contributed by atoms with van der Waals surface area (Å²) in [4.78, 5) is 16.7. The number of piperazine rings is 1. The van der Waals surface area contributed by atoms with Crippen LogP contribution in [-0.2, 0) is 14.3 Å². The fourth-order valence-electron chi connectivity index (χ4n) is 3.62. The first kappa shape index (κ1) is 20.5. The van der Waals surface area contributed by atoms with Gasteiger partial charge in [0.1, 0.15) is 6.61 Å². The van der Waals surface area contributed by atoms with Crippen LogP contribution in [0, 0.1) is 6.92 Å². The number of carbonyl (C=O) groups excluding carboxylic acids is 1. The third kappa shape index (κ3) is 5.41. The number of aryl methyl sites for hydroxylation is 1. The van der Waals surface area contributed by atoms with E-state index in [-0.39, 0.29) is 18.6 Å². The Morgan fingerprint density at radius 2 is 1.57 bits per heavy atom. The maximum atomic E-state index is 12.4. The van der Waals surface area contributed by atoms with Crippen LogP contribution < -0.4 is 0 Å². The molecule has 1 unspecified atom stereocenters. The zero-order valence-electron chi connectivity index (χ0n) is 16.8. The van der Waals surface area contributed by atoms with E-state index in [0.29, 0.717) is 13.2 Å². The first-order valence-corrected chi connectivity index (χ1v) is 9.89. The van der Waals surface area contributed by atoms with Gasteiger partial charge in [-0.25, -0.2) is 0 Å². The minimum atomic E-state index is 0.0577. The van der Waals surface area contributed by atoms with Gasteiger partial charge >= 0.3 is 0 Å². The van der Waals surface area contributed by atoms with Crippen LogP contribution in [0.2, 0.25) is 0 Å². The molecule has 0 radical (unpaired) electrons. The van der Waals surface area contributed by atoms with Crippen LogP contribution in [0.1, 0.15) is 22.7 Å². The van der Waals surface area contributed by atoms with Gasteiger partial charge in [0.05, 0.1) is 19.3 Å². The highest BCUT2D eigenvalue weighted by molar-refractivity contribution is 5.77. The molecule has 0 aromatic heterocycles. The standard InChI is InChI=1S/C23H30N2O3/c1-19-8-10-21(11-9-19)23(20-6-4-3-5-7-20)25-14-12-24(13-15-25)22(26)18-28-17-16-27-2/h3-11,23H,12-18H2,1-2H3. The lowest BCUT2D eigenvalue weighted by molar-refractivity contribution is -0.138. The Hall–Kier alpha value is -2.21. The van der Waals surface area contributed by atoms with Crippen LogP contribution in [0.3, 0.4) is 0 Å². The van der Waals surface area contributed by atoms with E-state index in [0.717, 1.165) is 26.2 Å². The molecule has 1 fully saturated rings. The summed E-state index contributed by atoms with van der Waals surface area (Å²) in [7, 11) is 1.63. The highest BCUT2D eigenvalue weighted by atomic mass is 16.5. The summed E-state index contributed by atoms with van der Waals surface area (Å²) in [5.74, 6) is 0.0577. The third-order valence-electron chi connectivity index (χ3n) is 5.20. The number of nitrogens with zero attached hydrogens (tertiary/aromatic N) is 2. The maximum Gasteiger partial charge on any atom is 0.248 e. The molecule has 150 valence electrons. The Balaban J connectivity index is 1.65. The predicted molar refractivity (Wildman–Crippen MR) is 110 cm³/mol. The van der Waals surface area contributed by atoms with Crippen molar-refractivity contribution in [3.05, 3.63) is 71.3 Å². The Labute approximate surface area is 167 Å². The molecule has 1 atom stereocenters. The fraction of sp³-hybridized carbons (Fsp3) is 0.435. The van der Waals surface area contributed by atoms with Crippen molar-refractivity contribution in [3.63, 3.8) is 0 Å². The van der Waals surface area contributed by atoms with Crippen LogP contribution in [0.5, 0.6) is 0 Å². The number of hydrogen-bond donors (Lipinski definition) is 0. The van der Waals surface area contributed by atoms with Gasteiger partial charge in [-0.2, -0.15) is 0 Å². The lowest BCUT2D eigenvalue weighted by Crippen LogP contribution is -2.50. The molecule has 1 aliphatic rings.